The van der Waals surface area contributed by atoms with E-state index in [0.29, 0.717) is 31.7 Å². The molecule has 0 radical (unpaired) electrons. The smallest absolute Gasteiger partial charge is 0.242 e. The molecule has 2 rings (SSSR count). The second kappa shape index (κ2) is 12.5. The van der Waals surface area contributed by atoms with Crippen molar-refractivity contribution >= 4 is 17.7 Å². The van der Waals surface area contributed by atoms with Crippen LogP contribution in [0.2, 0.25) is 0 Å². The molecule has 0 spiro atoms. The maximum atomic E-state index is 13.9. The number of hydrogen-bond acceptors (Lipinski definition) is 5. The van der Waals surface area contributed by atoms with Gasteiger partial charge in [0.25, 0.3) is 0 Å². The van der Waals surface area contributed by atoms with Crippen molar-refractivity contribution in [3.05, 3.63) is 29.6 Å². The molecule has 1 aromatic carbocycles. The Labute approximate surface area is 195 Å². The molecule has 0 aliphatic carbocycles. The van der Waals surface area contributed by atoms with Crippen LogP contribution in [-0.2, 0) is 20.8 Å². The summed E-state index contributed by atoms with van der Waals surface area (Å²) in [5.74, 6) is -0.823. The molecule has 1 aliphatic rings. The highest BCUT2D eigenvalue weighted by atomic mass is 19.1. The van der Waals surface area contributed by atoms with E-state index < -0.39 is 18.0 Å². The van der Waals surface area contributed by atoms with Gasteiger partial charge in [0.2, 0.25) is 17.7 Å². The molecule has 9 heteroatoms. The molecule has 0 aromatic heterocycles. The van der Waals surface area contributed by atoms with Crippen molar-refractivity contribution in [2.45, 2.75) is 65.1 Å². The van der Waals surface area contributed by atoms with Gasteiger partial charge >= 0.3 is 0 Å². The number of nitrogens with one attached hydrogen (secondary N) is 3. The second-order valence-corrected chi connectivity index (χ2v) is 8.75. The number of ether oxygens (including phenoxy) is 1. The van der Waals surface area contributed by atoms with E-state index in [1.165, 1.54) is 17.0 Å². The first-order valence-electron chi connectivity index (χ1n) is 11.6. The van der Waals surface area contributed by atoms with E-state index in [1.54, 1.807) is 20.0 Å². The molecule has 0 saturated carbocycles. The third-order valence-corrected chi connectivity index (χ3v) is 6.14. The lowest BCUT2D eigenvalue weighted by molar-refractivity contribution is -0.141. The summed E-state index contributed by atoms with van der Waals surface area (Å²) in [6.45, 7) is 8.08. The molecule has 4 atom stereocenters. The topological polar surface area (TPSA) is 99.8 Å². The van der Waals surface area contributed by atoms with Gasteiger partial charge in [0.05, 0.1) is 12.6 Å². The van der Waals surface area contributed by atoms with Gasteiger partial charge in [-0.3, -0.25) is 14.4 Å². The van der Waals surface area contributed by atoms with Crippen molar-refractivity contribution in [2.24, 2.45) is 5.92 Å². The fourth-order valence-corrected chi connectivity index (χ4v) is 3.63. The molecule has 0 bridgehead atoms. The third-order valence-electron chi connectivity index (χ3n) is 6.14. The summed E-state index contributed by atoms with van der Waals surface area (Å²) >= 11 is 0. The summed E-state index contributed by atoms with van der Waals surface area (Å²) in [6, 6.07) is 3.19. The molecule has 3 amide bonds. The number of rotatable bonds is 2. The summed E-state index contributed by atoms with van der Waals surface area (Å²) in [5.41, 5.74) is 0.843. The first-order chi connectivity index (χ1) is 15.6. The van der Waals surface area contributed by atoms with Crippen LogP contribution in [0.5, 0.6) is 5.75 Å². The number of likely N-dealkylation sites (N-methyl/N-ethyl adjacent to an activating group) is 1. The molecule has 1 aliphatic heterocycles. The lowest BCUT2D eigenvalue weighted by Crippen LogP contribution is -2.55. The average molecular weight is 465 g/mol. The van der Waals surface area contributed by atoms with Crippen LogP contribution in [0, 0.1) is 11.7 Å². The summed E-state index contributed by atoms with van der Waals surface area (Å²) in [4.78, 5) is 39.2. The van der Waals surface area contributed by atoms with Crippen molar-refractivity contribution in [3.63, 3.8) is 0 Å². The largest absolute Gasteiger partial charge is 0.489 e. The van der Waals surface area contributed by atoms with E-state index in [9.17, 15) is 18.8 Å². The molecule has 33 heavy (non-hydrogen) atoms. The van der Waals surface area contributed by atoms with Gasteiger partial charge < -0.3 is 25.6 Å². The number of fused-ring (bicyclic) bond motifs is 1. The fourth-order valence-electron chi connectivity index (χ4n) is 3.63. The Morgan fingerprint density at radius 2 is 1.94 bits per heavy atom. The van der Waals surface area contributed by atoms with Crippen molar-refractivity contribution < 1.29 is 23.5 Å². The van der Waals surface area contributed by atoms with Gasteiger partial charge in [0.15, 0.2) is 0 Å². The fraction of sp³-hybridized carbons (Fsp3) is 0.625. The van der Waals surface area contributed by atoms with Gasteiger partial charge in [0, 0.05) is 26.2 Å². The Balaban J connectivity index is 2.27. The van der Waals surface area contributed by atoms with Crippen molar-refractivity contribution in [3.8, 4) is 5.75 Å². The molecule has 0 fully saturated rings. The number of aryl methyl sites for hydroxylation is 1. The van der Waals surface area contributed by atoms with Gasteiger partial charge in [-0.2, -0.15) is 0 Å². The number of amides is 3. The zero-order valence-electron chi connectivity index (χ0n) is 20.2. The third kappa shape index (κ3) is 7.70. The number of benzene rings is 1. The Morgan fingerprint density at radius 1 is 1.21 bits per heavy atom. The number of nitrogens with zero attached hydrogens (tertiary/aromatic N) is 1. The Hall–Kier alpha value is -2.68. The molecule has 0 saturated heterocycles. The predicted octanol–water partition coefficient (Wildman–Crippen LogP) is 1.62. The van der Waals surface area contributed by atoms with Crippen LogP contribution < -0.4 is 20.7 Å². The van der Waals surface area contributed by atoms with Crippen LogP contribution >= 0.6 is 0 Å². The van der Waals surface area contributed by atoms with Crippen molar-refractivity contribution in [2.75, 3.05) is 26.7 Å². The summed E-state index contributed by atoms with van der Waals surface area (Å²) < 4.78 is 19.9. The van der Waals surface area contributed by atoms with Gasteiger partial charge in [0.1, 0.15) is 23.7 Å². The zero-order chi connectivity index (χ0) is 24.5. The minimum Gasteiger partial charge on any atom is -0.489 e. The SMILES string of the molecule is CCC(C)[C@@H]1NC[C@@H](C)Oc2cc(F)ccc2CCCNC(=O)CNC(=O)[C@@H](C)N(C)C1=O. The Bertz CT molecular complexity index is 835. The van der Waals surface area contributed by atoms with E-state index in [0.717, 1.165) is 12.0 Å². The number of carbonyl (C=O) groups is 3. The first-order valence-corrected chi connectivity index (χ1v) is 11.6. The molecule has 1 aromatic rings. The molecule has 184 valence electrons. The Kier molecular flexibility index (Phi) is 10.1. The van der Waals surface area contributed by atoms with E-state index in [2.05, 4.69) is 16.0 Å². The maximum absolute atomic E-state index is 13.9. The van der Waals surface area contributed by atoms with Crippen LogP contribution in [0.25, 0.3) is 0 Å². The van der Waals surface area contributed by atoms with Gasteiger partial charge in [-0.25, -0.2) is 4.39 Å². The number of carbonyl (C=O) groups excluding carboxylic acids is 3. The van der Waals surface area contributed by atoms with E-state index in [1.807, 2.05) is 20.8 Å². The van der Waals surface area contributed by atoms with Gasteiger partial charge in [-0.05, 0) is 44.2 Å². The normalized spacial score (nSPS) is 25.1. The first kappa shape index (κ1) is 26.6. The molecule has 1 heterocycles. The standard InChI is InChI=1S/C24H37FN4O4/c1-6-15(2)22-24(32)29(5)17(4)23(31)28-14-21(30)26-11-7-8-18-9-10-19(25)12-20(18)33-16(3)13-27-22/h9-10,12,15-17,22,27H,6-8,11,13-14H2,1-5H3,(H,26,30)(H,28,31)/t15?,16-,17-,22+/m1/s1. The van der Waals surface area contributed by atoms with E-state index >= 15 is 0 Å². The summed E-state index contributed by atoms with van der Waals surface area (Å²) in [6.07, 6.45) is 1.67. The lowest BCUT2D eigenvalue weighted by atomic mass is 9.97. The molecular formula is C24H37FN4O4. The van der Waals surface area contributed by atoms with Crippen molar-refractivity contribution in [1.82, 2.24) is 20.9 Å². The number of hydrogen-bond donors (Lipinski definition) is 3. The summed E-state index contributed by atoms with van der Waals surface area (Å²) in [7, 11) is 1.58. The molecule has 1 unspecified atom stereocenters. The van der Waals surface area contributed by atoms with Crippen LogP contribution in [0.15, 0.2) is 18.2 Å². The zero-order valence-corrected chi connectivity index (χ0v) is 20.2. The lowest BCUT2D eigenvalue weighted by Gasteiger charge is -2.32. The molecular weight excluding hydrogens is 427 g/mol. The minimum atomic E-state index is -0.735. The summed E-state index contributed by atoms with van der Waals surface area (Å²) in [5, 5.41) is 8.65. The van der Waals surface area contributed by atoms with E-state index in [4.69, 9.17) is 4.74 Å². The predicted molar refractivity (Wildman–Crippen MR) is 124 cm³/mol. The van der Waals surface area contributed by atoms with Crippen LogP contribution in [0.4, 0.5) is 4.39 Å². The highest BCUT2D eigenvalue weighted by molar-refractivity contribution is 5.91. The molecule has 8 nitrogen and oxygen atoms in total. The average Bonchev–Trinajstić information content (AvgIpc) is 2.79. The maximum Gasteiger partial charge on any atom is 0.242 e. The van der Waals surface area contributed by atoms with Crippen LogP contribution in [0.1, 0.15) is 46.1 Å². The van der Waals surface area contributed by atoms with Crippen LogP contribution in [-0.4, -0.2) is 67.5 Å². The highest BCUT2D eigenvalue weighted by Gasteiger charge is 2.31. The molecule has 3 N–H and O–H groups in total. The van der Waals surface area contributed by atoms with Crippen LogP contribution in [0.3, 0.4) is 0 Å². The van der Waals surface area contributed by atoms with Gasteiger partial charge in [-0.1, -0.05) is 26.3 Å². The second-order valence-electron chi connectivity index (χ2n) is 8.75. The Morgan fingerprint density at radius 3 is 2.64 bits per heavy atom. The van der Waals surface area contributed by atoms with Crippen molar-refractivity contribution in [1.29, 1.82) is 0 Å². The van der Waals surface area contributed by atoms with E-state index in [-0.39, 0.29) is 36.2 Å². The monoisotopic (exact) mass is 464 g/mol. The minimum absolute atomic E-state index is 0.0171. The highest BCUT2D eigenvalue weighted by Crippen LogP contribution is 2.23. The quantitative estimate of drug-likeness (QED) is 0.618. The number of halogens is 1. The van der Waals surface area contributed by atoms with Gasteiger partial charge in [-0.15, -0.1) is 0 Å².